The number of halogens is 3. The van der Waals surface area contributed by atoms with Crippen molar-refractivity contribution in [1.29, 1.82) is 0 Å². The molecule has 5 nitrogen and oxygen atoms in total. The third-order valence-electron chi connectivity index (χ3n) is 6.61. The molecule has 0 spiro atoms. The van der Waals surface area contributed by atoms with Crippen LogP contribution in [0.2, 0.25) is 0 Å². The van der Waals surface area contributed by atoms with E-state index in [1.165, 1.54) is 11.8 Å². The summed E-state index contributed by atoms with van der Waals surface area (Å²) in [5.74, 6) is 0.207. The number of fused-ring (bicyclic) bond motifs is 1. The van der Waals surface area contributed by atoms with Gasteiger partial charge in [0.2, 0.25) is 0 Å². The normalized spacial score (nSPS) is 22.6. The van der Waals surface area contributed by atoms with Gasteiger partial charge in [-0.1, -0.05) is 60.7 Å². The molecule has 0 aliphatic carbocycles. The summed E-state index contributed by atoms with van der Waals surface area (Å²) in [7, 11) is 0. The highest BCUT2D eigenvalue weighted by Crippen LogP contribution is 2.44. The van der Waals surface area contributed by atoms with Gasteiger partial charge in [-0.2, -0.15) is 18.3 Å². The number of anilines is 1. The van der Waals surface area contributed by atoms with E-state index in [4.69, 9.17) is 0 Å². The third kappa shape index (κ3) is 4.34. The molecule has 1 aromatic heterocycles. The van der Waals surface area contributed by atoms with Crippen LogP contribution >= 0.6 is 0 Å². The van der Waals surface area contributed by atoms with Gasteiger partial charge in [-0.3, -0.25) is 4.79 Å². The summed E-state index contributed by atoms with van der Waals surface area (Å²) in [6.07, 6.45) is -1.62. The van der Waals surface area contributed by atoms with Crippen molar-refractivity contribution >= 4 is 11.7 Å². The first-order valence-corrected chi connectivity index (χ1v) is 11.2. The molecule has 1 fully saturated rings. The van der Waals surface area contributed by atoms with Crippen molar-refractivity contribution in [2.45, 2.75) is 37.5 Å². The number of carbonyl (C=O) groups is 1. The van der Waals surface area contributed by atoms with Crippen LogP contribution in [-0.4, -0.2) is 39.9 Å². The zero-order valence-corrected chi connectivity index (χ0v) is 18.0. The number of hydrogen-bond donors (Lipinski definition) is 1. The maximum atomic E-state index is 13.9. The smallest absolute Gasteiger partial charge is 0.363 e. The Kier molecular flexibility index (Phi) is 5.60. The first-order valence-electron chi connectivity index (χ1n) is 11.2. The maximum absolute atomic E-state index is 13.9. The van der Waals surface area contributed by atoms with E-state index in [2.05, 4.69) is 22.5 Å². The number of carbonyl (C=O) groups excluding carboxylic acids is 1. The highest BCUT2D eigenvalue weighted by atomic mass is 19.4. The summed E-state index contributed by atoms with van der Waals surface area (Å²) in [6, 6.07) is 16.8. The minimum atomic E-state index is -4.47. The molecular weight excluding hydrogens is 429 g/mol. The number of hydrogen-bond acceptors (Lipinski definition) is 3. The van der Waals surface area contributed by atoms with Gasteiger partial charge in [0.25, 0.3) is 5.91 Å². The standard InChI is InChI=1S/C25H25F3N4O/c26-25(27,28)22-14-21(19-9-5-2-6-10-19)30-23-20(15-29-32(22)23)24(33)31-12-11-18(16-31)13-17-7-3-1-4-8-17/h1-10,15,18,21-22,30H,11-14,16H2/t18?,21?,22-/m0/s1. The van der Waals surface area contributed by atoms with Crippen LogP contribution in [0.5, 0.6) is 0 Å². The molecule has 0 bridgehead atoms. The quantitative estimate of drug-likeness (QED) is 0.586. The lowest BCUT2D eigenvalue weighted by Gasteiger charge is -2.34. The van der Waals surface area contributed by atoms with Crippen molar-refractivity contribution in [2.24, 2.45) is 5.92 Å². The zero-order chi connectivity index (χ0) is 23.0. The molecule has 3 heterocycles. The molecule has 8 heteroatoms. The summed E-state index contributed by atoms with van der Waals surface area (Å²) in [5.41, 5.74) is 2.17. The van der Waals surface area contributed by atoms with Crippen LogP contribution in [0.15, 0.2) is 66.9 Å². The number of rotatable bonds is 4. The average molecular weight is 454 g/mol. The van der Waals surface area contributed by atoms with Crippen molar-refractivity contribution in [1.82, 2.24) is 14.7 Å². The van der Waals surface area contributed by atoms with E-state index in [9.17, 15) is 18.0 Å². The Hall–Kier alpha value is -3.29. The lowest BCUT2D eigenvalue weighted by atomic mass is 9.96. The van der Waals surface area contributed by atoms with Gasteiger partial charge in [-0.15, -0.1) is 0 Å². The Bertz CT molecular complexity index is 1110. The van der Waals surface area contributed by atoms with Gasteiger partial charge in [-0.25, -0.2) is 4.68 Å². The molecule has 2 aliphatic rings. The lowest BCUT2D eigenvalue weighted by molar-refractivity contribution is -0.173. The molecule has 172 valence electrons. The molecule has 3 aromatic rings. The number of likely N-dealkylation sites (tertiary alicyclic amines) is 1. The van der Waals surface area contributed by atoms with Crippen molar-refractivity contribution in [3.05, 3.63) is 83.6 Å². The van der Waals surface area contributed by atoms with Crippen molar-refractivity contribution < 1.29 is 18.0 Å². The first-order chi connectivity index (χ1) is 15.9. The van der Waals surface area contributed by atoms with Gasteiger partial charge in [0, 0.05) is 19.5 Å². The predicted octanol–water partition coefficient (Wildman–Crippen LogP) is 5.25. The summed E-state index contributed by atoms with van der Waals surface area (Å²) in [5, 5.41) is 7.17. The van der Waals surface area contributed by atoms with E-state index in [0.29, 0.717) is 19.0 Å². The Balaban J connectivity index is 1.38. The molecule has 2 aromatic carbocycles. The number of amides is 1. The number of alkyl halides is 3. The van der Waals surface area contributed by atoms with Crippen molar-refractivity contribution in [3.8, 4) is 0 Å². The van der Waals surface area contributed by atoms with E-state index < -0.39 is 18.3 Å². The molecular formula is C25H25F3N4O. The summed E-state index contributed by atoms with van der Waals surface area (Å²) >= 11 is 0. The minimum Gasteiger partial charge on any atom is -0.363 e. The first kappa shape index (κ1) is 21.6. The molecule has 1 amide bonds. The van der Waals surface area contributed by atoms with Gasteiger partial charge in [-0.05, 0) is 29.9 Å². The van der Waals surface area contributed by atoms with E-state index in [1.54, 1.807) is 29.2 Å². The second-order valence-corrected chi connectivity index (χ2v) is 8.85. The van der Waals surface area contributed by atoms with E-state index in [-0.39, 0.29) is 23.7 Å². The second kappa shape index (κ2) is 8.57. The van der Waals surface area contributed by atoms with Crippen LogP contribution in [0.3, 0.4) is 0 Å². The number of benzene rings is 2. The van der Waals surface area contributed by atoms with Crippen LogP contribution in [0.25, 0.3) is 0 Å². The van der Waals surface area contributed by atoms with Crippen LogP contribution in [-0.2, 0) is 6.42 Å². The van der Waals surface area contributed by atoms with Gasteiger partial charge in [0.15, 0.2) is 6.04 Å². The lowest BCUT2D eigenvalue weighted by Crippen LogP contribution is -2.37. The molecule has 2 aliphatic heterocycles. The van der Waals surface area contributed by atoms with Crippen LogP contribution in [0.4, 0.5) is 19.0 Å². The highest BCUT2D eigenvalue weighted by Gasteiger charge is 2.47. The molecule has 3 atom stereocenters. The SMILES string of the molecule is O=C(c1cnn2c1NC(c1ccccc1)C[C@H]2C(F)(F)F)N1CCC(Cc2ccccc2)C1. The largest absolute Gasteiger partial charge is 0.410 e. The Morgan fingerprint density at radius 3 is 2.45 bits per heavy atom. The molecule has 0 radical (unpaired) electrons. The number of nitrogens with one attached hydrogen (secondary N) is 1. The maximum Gasteiger partial charge on any atom is 0.410 e. The van der Waals surface area contributed by atoms with E-state index in [1.807, 2.05) is 24.3 Å². The van der Waals surface area contributed by atoms with Gasteiger partial charge < -0.3 is 10.2 Å². The second-order valence-electron chi connectivity index (χ2n) is 8.85. The molecule has 2 unspecified atom stereocenters. The molecule has 1 N–H and O–H groups in total. The Morgan fingerprint density at radius 2 is 1.76 bits per heavy atom. The fourth-order valence-electron chi connectivity index (χ4n) is 4.92. The molecule has 5 rings (SSSR count). The Morgan fingerprint density at radius 1 is 1.06 bits per heavy atom. The molecule has 0 saturated carbocycles. The topological polar surface area (TPSA) is 50.2 Å². The molecule has 1 saturated heterocycles. The van der Waals surface area contributed by atoms with E-state index in [0.717, 1.165) is 23.1 Å². The van der Waals surface area contributed by atoms with Crippen molar-refractivity contribution in [2.75, 3.05) is 18.4 Å². The number of aromatic nitrogens is 2. The monoisotopic (exact) mass is 454 g/mol. The fourth-order valence-corrected chi connectivity index (χ4v) is 4.92. The summed E-state index contributed by atoms with van der Waals surface area (Å²) in [6.45, 7) is 1.18. The zero-order valence-electron chi connectivity index (χ0n) is 18.0. The van der Waals surface area contributed by atoms with Crippen LogP contribution in [0, 0.1) is 5.92 Å². The minimum absolute atomic E-state index is 0.147. The van der Waals surface area contributed by atoms with Crippen LogP contribution in [0.1, 0.15) is 46.4 Å². The highest BCUT2D eigenvalue weighted by molar-refractivity contribution is 5.99. The molecule has 33 heavy (non-hydrogen) atoms. The predicted molar refractivity (Wildman–Crippen MR) is 119 cm³/mol. The van der Waals surface area contributed by atoms with Crippen LogP contribution < -0.4 is 5.32 Å². The van der Waals surface area contributed by atoms with Gasteiger partial charge >= 0.3 is 6.18 Å². The third-order valence-corrected chi connectivity index (χ3v) is 6.61. The van der Waals surface area contributed by atoms with Gasteiger partial charge in [0.1, 0.15) is 11.4 Å². The summed E-state index contributed by atoms with van der Waals surface area (Å²) in [4.78, 5) is 15.1. The fraction of sp³-hybridized carbons (Fsp3) is 0.360. The van der Waals surface area contributed by atoms with Gasteiger partial charge in [0.05, 0.1) is 12.2 Å². The Labute approximate surface area is 190 Å². The average Bonchev–Trinajstić information content (AvgIpc) is 3.46. The van der Waals surface area contributed by atoms with E-state index >= 15 is 0 Å². The number of nitrogens with zero attached hydrogens (tertiary/aromatic N) is 3. The van der Waals surface area contributed by atoms with Crippen molar-refractivity contribution in [3.63, 3.8) is 0 Å². The summed E-state index contributed by atoms with van der Waals surface area (Å²) < 4.78 is 42.6.